The highest BCUT2D eigenvalue weighted by molar-refractivity contribution is 5.88. The van der Waals surface area contributed by atoms with Crippen LogP contribution >= 0.6 is 0 Å². The van der Waals surface area contributed by atoms with Crippen LogP contribution in [0.5, 0.6) is 0 Å². The zero-order valence-electron chi connectivity index (χ0n) is 20.5. The summed E-state index contributed by atoms with van der Waals surface area (Å²) in [6.45, 7) is 5.54. The lowest BCUT2D eigenvalue weighted by Crippen LogP contribution is -2.45. The first-order valence-electron chi connectivity index (χ1n) is 12.0. The number of imidazole rings is 1. The number of nitrogens with zero attached hydrogens (tertiary/aromatic N) is 2. The third-order valence-electron chi connectivity index (χ3n) is 6.78. The number of benzene rings is 1. The van der Waals surface area contributed by atoms with E-state index in [0.717, 1.165) is 57.6 Å². The fraction of sp³-hybridized carbons (Fsp3) is 0.583. The molecule has 1 aromatic heterocycles. The van der Waals surface area contributed by atoms with Crippen molar-refractivity contribution in [1.29, 1.82) is 0 Å². The van der Waals surface area contributed by atoms with Crippen LogP contribution in [0.4, 0.5) is 4.39 Å². The van der Waals surface area contributed by atoms with Crippen LogP contribution in [0.2, 0.25) is 0 Å². The van der Waals surface area contributed by atoms with E-state index in [1.54, 1.807) is 4.57 Å². The number of likely N-dealkylation sites (tertiary alicyclic amines) is 1. The molecule has 2 saturated heterocycles. The van der Waals surface area contributed by atoms with Gasteiger partial charge in [-0.15, -0.1) is 0 Å². The molecule has 2 aliphatic heterocycles. The van der Waals surface area contributed by atoms with Gasteiger partial charge < -0.3 is 35.0 Å². The quantitative estimate of drug-likeness (QED) is 0.354. The first-order valence-corrected chi connectivity index (χ1v) is 12.0. The molecular weight excluding hydrogens is 493 g/mol. The van der Waals surface area contributed by atoms with Crippen LogP contribution in [0, 0.1) is 12.7 Å². The standard InChI is InChI=1S/C18H24FN3O2.C6H8O7/c1-12-10-15(19)17-16(11-12)22(18(23)20-17)14-2-6-21(7-3-14)13-4-8-24-9-5-13;7-3(8)1-6(13,5(11)12)2-4(9)10/h10-11,13-14H,2-9H2,1H3,(H,20,23);13H,1-2H2,(H,7,8)(H,9,10)(H,11,12). The number of aryl methyl sites for hydroxylation is 1. The fourth-order valence-electron chi connectivity index (χ4n) is 4.95. The van der Waals surface area contributed by atoms with Gasteiger partial charge in [0.05, 0.1) is 18.4 Å². The van der Waals surface area contributed by atoms with E-state index < -0.39 is 36.4 Å². The number of aliphatic carboxylic acids is 3. The molecule has 5 N–H and O–H groups in total. The fourth-order valence-corrected chi connectivity index (χ4v) is 4.95. The van der Waals surface area contributed by atoms with Crippen LogP contribution in [-0.4, -0.2) is 90.7 Å². The molecule has 2 fully saturated rings. The van der Waals surface area contributed by atoms with E-state index in [9.17, 15) is 23.6 Å². The van der Waals surface area contributed by atoms with E-state index >= 15 is 0 Å². The third kappa shape index (κ3) is 6.93. The molecule has 1 aromatic carbocycles. The van der Waals surface area contributed by atoms with Crippen LogP contribution in [-0.2, 0) is 19.1 Å². The summed E-state index contributed by atoms with van der Waals surface area (Å²) in [4.78, 5) is 48.1. The summed E-state index contributed by atoms with van der Waals surface area (Å²) in [5.41, 5.74) is -1.07. The van der Waals surface area contributed by atoms with E-state index in [1.165, 1.54) is 6.07 Å². The van der Waals surface area contributed by atoms with Crippen LogP contribution in [0.15, 0.2) is 16.9 Å². The van der Waals surface area contributed by atoms with Crippen molar-refractivity contribution in [2.75, 3.05) is 26.3 Å². The molecule has 2 aromatic rings. The molecule has 204 valence electrons. The van der Waals surface area contributed by atoms with Crippen molar-refractivity contribution in [3.8, 4) is 0 Å². The Kier molecular flexibility index (Phi) is 9.05. The van der Waals surface area contributed by atoms with Crippen molar-refractivity contribution in [3.63, 3.8) is 0 Å². The van der Waals surface area contributed by atoms with Gasteiger partial charge in [0.2, 0.25) is 0 Å². The SMILES string of the molecule is Cc1cc(F)c2[nH]c(=O)n(C3CCN(C4CCOCC4)CC3)c2c1.O=C(O)CC(O)(CC(=O)O)C(=O)O. The minimum atomic E-state index is -2.74. The number of halogens is 1. The third-order valence-corrected chi connectivity index (χ3v) is 6.78. The molecule has 0 atom stereocenters. The first-order chi connectivity index (χ1) is 17.4. The van der Waals surface area contributed by atoms with Crippen LogP contribution in [0.3, 0.4) is 0 Å². The van der Waals surface area contributed by atoms with Crippen molar-refractivity contribution < 1.29 is 43.9 Å². The maximum atomic E-state index is 14.1. The molecular formula is C24H32FN3O9. The number of rotatable bonds is 7. The van der Waals surface area contributed by atoms with E-state index in [0.29, 0.717) is 17.1 Å². The monoisotopic (exact) mass is 525 g/mol. The molecule has 0 radical (unpaired) electrons. The number of aliphatic hydroxyl groups is 1. The van der Waals surface area contributed by atoms with Gasteiger partial charge in [0.1, 0.15) is 11.3 Å². The summed E-state index contributed by atoms with van der Waals surface area (Å²) in [6.07, 6.45) is 1.77. The van der Waals surface area contributed by atoms with Gasteiger partial charge in [-0.3, -0.25) is 14.2 Å². The number of aromatic nitrogens is 2. The molecule has 0 bridgehead atoms. The maximum absolute atomic E-state index is 14.1. The second kappa shape index (κ2) is 11.8. The van der Waals surface area contributed by atoms with Crippen molar-refractivity contribution >= 4 is 28.9 Å². The lowest BCUT2D eigenvalue weighted by Gasteiger charge is -2.39. The number of carboxylic acid groups (broad SMARTS) is 3. The molecule has 37 heavy (non-hydrogen) atoms. The number of H-pyrrole nitrogens is 1. The highest BCUT2D eigenvalue weighted by atomic mass is 19.1. The number of ether oxygens (including phenoxy) is 1. The van der Waals surface area contributed by atoms with Gasteiger partial charge in [-0.05, 0) is 50.3 Å². The molecule has 0 amide bonds. The number of fused-ring (bicyclic) bond motifs is 1. The first kappa shape index (κ1) is 28.3. The summed E-state index contributed by atoms with van der Waals surface area (Å²) in [5, 5.41) is 33.8. The Balaban J connectivity index is 0.000000251. The summed E-state index contributed by atoms with van der Waals surface area (Å²) in [7, 11) is 0. The lowest BCUT2D eigenvalue weighted by molar-refractivity contribution is -0.170. The summed E-state index contributed by atoms with van der Waals surface area (Å²) < 4.78 is 21.3. The molecule has 0 aliphatic carbocycles. The Morgan fingerprint density at radius 3 is 2.11 bits per heavy atom. The number of hydrogen-bond donors (Lipinski definition) is 5. The summed E-state index contributed by atoms with van der Waals surface area (Å²) >= 11 is 0. The minimum absolute atomic E-state index is 0.142. The summed E-state index contributed by atoms with van der Waals surface area (Å²) in [6, 6.07) is 4.12. The Hall–Kier alpha value is -3.29. The second-order valence-corrected chi connectivity index (χ2v) is 9.53. The number of nitrogens with one attached hydrogen (secondary N) is 1. The Morgan fingerprint density at radius 1 is 1.03 bits per heavy atom. The highest BCUT2D eigenvalue weighted by Crippen LogP contribution is 2.29. The van der Waals surface area contributed by atoms with Crippen LogP contribution in [0.25, 0.3) is 11.0 Å². The summed E-state index contributed by atoms with van der Waals surface area (Å²) in [5.74, 6) is -5.37. The van der Waals surface area contributed by atoms with E-state index in [4.69, 9.17) is 25.2 Å². The van der Waals surface area contributed by atoms with Crippen LogP contribution in [0.1, 0.15) is 50.1 Å². The predicted octanol–water partition coefficient (Wildman–Crippen LogP) is 1.34. The van der Waals surface area contributed by atoms with Crippen molar-refractivity contribution in [3.05, 3.63) is 34.0 Å². The Labute approximate surface area is 211 Å². The zero-order valence-corrected chi connectivity index (χ0v) is 20.5. The normalized spacial score (nSPS) is 17.8. The maximum Gasteiger partial charge on any atom is 0.336 e. The number of carboxylic acids is 3. The van der Waals surface area contributed by atoms with Gasteiger partial charge in [-0.2, -0.15) is 0 Å². The average Bonchev–Trinajstić information content (AvgIpc) is 3.15. The van der Waals surface area contributed by atoms with E-state index in [-0.39, 0.29) is 17.5 Å². The van der Waals surface area contributed by atoms with Crippen molar-refractivity contribution in [2.45, 2.75) is 63.1 Å². The van der Waals surface area contributed by atoms with E-state index in [1.807, 2.05) is 13.0 Å². The molecule has 3 heterocycles. The van der Waals surface area contributed by atoms with Crippen LogP contribution < -0.4 is 5.69 Å². The van der Waals surface area contributed by atoms with Crippen molar-refractivity contribution in [2.24, 2.45) is 0 Å². The van der Waals surface area contributed by atoms with Gasteiger partial charge in [-0.1, -0.05) is 0 Å². The topological polar surface area (TPSA) is 182 Å². The van der Waals surface area contributed by atoms with Crippen molar-refractivity contribution in [1.82, 2.24) is 14.5 Å². The molecule has 0 saturated carbocycles. The Bertz CT molecular complexity index is 1180. The van der Waals surface area contributed by atoms with Gasteiger partial charge in [0, 0.05) is 38.4 Å². The molecule has 0 unspecified atom stereocenters. The predicted molar refractivity (Wildman–Crippen MR) is 128 cm³/mol. The molecule has 12 nitrogen and oxygen atoms in total. The number of aromatic amines is 1. The smallest absolute Gasteiger partial charge is 0.336 e. The van der Waals surface area contributed by atoms with Gasteiger partial charge in [0.15, 0.2) is 5.60 Å². The highest BCUT2D eigenvalue weighted by Gasteiger charge is 2.40. The van der Waals surface area contributed by atoms with Gasteiger partial charge in [-0.25, -0.2) is 14.0 Å². The molecule has 2 aliphatic rings. The Morgan fingerprint density at radius 2 is 1.59 bits per heavy atom. The number of carbonyl (C=O) groups is 3. The van der Waals surface area contributed by atoms with Gasteiger partial charge in [0.25, 0.3) is 0 Å². The average molecular weight is 526 g/mol. The molecule has 13 heteroatoms. The molecule has 4 rings (SSSR count). The minimum Gasteiger partial charge on any atom is -0.481 e. The second-order valence-electron chi connectivity index (χ2n) is 9.53. The largest absolute Gasteiger partial charge is 0.481 e. The number of hydrogen-bond acceptors (Lipinski definition) is 7. The van der Waals surface area contributed by atoms with E-state index in [2.05, 4.69) is 9.88 Å². The lowest BCUT2D eigenvalue weighted by atomic mass is 9.96. The van der Waals surface area contributed by atoms with Gasteiger partial charge >= 0.3 is 23.6 Å². The zero-order chi connectivity index (χ0) is 27.3. The molecule has 0 spiro atoms. The number of piperidine rings is 1.